The molecule has 0 amide bonds. The molecule has 5 nitrogen and oxygen atoms in total. The Balaban J connectivity index is 2.33. The third-order valence-corrected chi connectivity index (χ3v) is 2.94. The van der Waals surface area contributed by atoms with E-state index in [-0.39, 0.29) is 11.3 Å². The maximum atomic E-state index is 12.3. The van der Waals surface area contributed by atoms with Crippen LogP contribution in [0.25, 0.3) is 0 Å². The number of non-ortho nitro benzene ring substituents is 1. The quantitative estimate of drug-likeness (QED) is 0.489. The van der Waals surface area contributed by atoms with E-state index < -0.39 is 23.3 Å². The van der Waals surface area contributed by atoms with Gasteiger partial charge in [-0.15, -0.1) is 0 Å². The van der Waals surface area contributed by atoms with Crippen molar-refractivity contribution in [3.8, 4) is 0 Å². The molecule has 2 aromatic carbocycles. The maximum Gasteiger partial charge on any atom is 0.339 e. The van der Waals surface area contributed by atoms with Crippen LogP contribution >= 0.6 is 0 Å². The summed E-state index contributed by atoms with van der Waals surface area (Å²) >= 11 is 0. The number of hydrogen-bond acceptors (Lipinski definition) is 4. The zero-order valence-electron chi connectivity index (χ0n) is 14.3. The summed E-state index contributed by atoms with van der Waals surface area (Å²) in [5.74, 6) is -0.868. The van der Waals surface area contributed by atoms with Crippen LogP contribution in [0.2, 0.25) is 0 Å². The van der Waals surface area contributed by atoms with Crippen molar-refractivity contribution in [3.05, 3.63) is 75.8 Å². The summed E-state index contributed by atoms with van der Waals surface area (Å²) in [7, 11) is 0. The van der Waals surface area contributed by atoms with Gasteiger partial charge in [0, 0.05) is 16.2 Å². The van der Waals surface area contributed by atoms with Crippen LogP contribution in [-0.4, -0.2) is 10.9 Å². The number of carbonyl (C=O) groups excluding carboxylic acids is 1. The van der Waals surface area contributed by atoms with Gasteiger partial charge in [0.15, 0.2) is 0 Å². The van der Waals surface area contributed by atoms with Crippen molar-refractivity contribution in [2.24, 2.45) is 0 Å². The average Bonchev–Trinajstić information content (AvgIpc) is 2.54. The molecule has 0 fully saturated rings. The minimum Gasteiger partial charge on any atom is -0.451 e. The van der Waals surface area contributed by atoms with Crippen molar-refractivity contribution >= 4 is 11.7 Å². The van der Waals surface area contributed by atoms with Gasteiger partial charge in [-0.05, 0) is 31.5 Å². The average molecular weight is 288 g/mol. The Morgan fingerprint density at radius 2 is 1.81 bits per heavy atom. The van der Waals surface area contributed by atoms with E-state index in [1.54, 1.807) is 30.3 Å². The van der Waals surface area contributed by atoms with Crippen molar-refractivity contribution in [2.45, 2.75) is 19.4 Å². The van der Waals surface area contributed by atoms with Crippen LogP contribution in [0.5, 0.6) is 0 Å². The SMILES string of the molecule is [2H]C([2H])([2H])C(C)(OC(=O)c1ccc([N+](=O)[O-])cc1)c1ccccc1. The molecule has 21 heavy (non-hydrogen) atoms. The van der Waals surface area contributed by atoms with Gasteiger partial charge in [0.25, 0.3) is 5.69 Å². The van der Waals surface area contributed by atoms with E-state index in [4.69, 9.17) is 8.85 Å². The first-order valence-corrected chi connectivity index (χ1v) is 6.18. The monoisotopic (exact) mass is 288 g/mol. The highest BCUT2D eigenvalue weighted by Gasteiger charge is 2.25. The Bertz CT molecular complexity index is 744. The first-order valence-electron chi connectivity index (χ1n) is 7.68. The molecular weight excluding hydrogens is 270 g/mol. The summed E-state index contributed by atoms with van der Waals surface area (Å²) in [6.45, 7) is -1.27. The van der Waals surface area contributed by atoms with Gasteiger partial charge in [0.1, 0.15) is 5.60 Å². The molecule has 0 aliphatic heterocycles. The number of rotatable bonds is 4. The Morgan fingerprint density at radius 1 is 1.19 bits per heavy atom. The summed E-state index contributed by atoms with van der Waals surface area (Å²) < 4.78 is 28.5. The van der Waals surface area contributed by atoms with E-state index in [2.05, 4.69) is 0 Å². The molecule has 0 saturated carbocycles. The number of hydrogen-bond donors (Lipinski definition) is 0. The molecule has 0 N–H and O–H groups in total. The molecule has 0 radical (unpaired) electrons. The fraction of sp³-hybridized carbons (Fsp3) is 0.188. The highest BCUT2D eigenvalue weighted by Crippen LogP contribution is 2.26. The molecule has 0 heterocycles. The van der Waals surface area contributed by atoms with Gasteiger partial charge in [-0.2, -0.15) is 0 Å². The summed E-state index contributed by atoms with van der Waals surface area (Å²) in [6.07, 6.45) is 0. The van der Waals surface area contributed by atoms with Crippen molar-refractivity contribution in [3.63, 3.8) is 0 Å². The summed E-state index contributed by atoms with van der Waals surface area (Å²) in [5, 5.41) is 10.6. The minimum absolute atomic E-state index is 0.0343. The second-order valence-corrected chi connectivity index (χ2v) is 4.59. The third kappa shape index (κ3) is 3.45. The molecule has 108 valence electrons. The molecule has 0 spiro atoms. The van der Waals surface area contributed by atoms with Crippen LogP contribution in [0.15, 0.2) is 54.6 Å². The Hall–Kier alpha value is -2.69. The number of nitro groups is 1. The molecule has 0 aliphatic rings. The zero-order chi connectivity index (χ0) is 18.0. The number of ether oxygens (including phenoxy) is 1. The van der Waals surface area contributed by atoms with Crippen LogP contribution in [0.1, 0.15) is 33.8 Å². The van der Waals surface area contributed by atoms with Crippen molar-refractivity contribution < 1.29 is 18.6 Å². The highest BCUT2D eigenvalue weighted by atomic mass is 16.6. The van der Waals surface area contributed by atoms with Crippen LogP contribution in [0.3, 0.4) is 0 Å². The smallest absolute Gasteiger partial charge is 0.339 e. The molecule has 2 aromatic rings. The lowest BCUT2D eigenvalue weighted by atomic mass is 9.98. The molecule has 0 aliphatic carbocycles. The first-order chi connectivity index (χ1) is 11.1. The summed E-state index contributed by atoms with van der Waals surface area (Å²) in [4.78, 5) is 22.4. The van der Waals surface area contributed by atoms with E-state index in [1.165, 1.54) is 19.1 Å². The van der Waals surface area contributed by atoms with Crippen LogP contribution < -0.4 is 0 Å². The third-order valence-electron chi connectivity index (χ3n) is 2.94. The fourth-order valence-corrected chi connectivity index (χ4v) is 1.78. The van der Waals surface area contributed by atoms with Gasteiger partial charge in [-0.25, -0.2) is 4.79 Å². The number of benzene rings is 2. The Kier molecular flexibility index (Phi) is 3.02. The number of nitrogens with zero attached hydrogens (tertiary/aromatic N) is 1. The summed E-state index contributed by atoms with van der Waals surface area (Å²) in [5.41, 5.74) is -1.65. The molecule has 1 unspecified atom stereocenters. The lowest BCUT2D eigenvalue weighted by molar-refractivity contribution is -0.384. The molecule has 1 atom stereocenters. The van der Waals surface area contributed by atoms with E-state index >= 15 is 0 Å². The zero-order valence-corrected chi connectivity index (χ0v) is 11.3. The molecule has 2 rings (SSSR count). The van der Waals surface area contributed by atoms with Gasteiger partial charge in [-0.3, -0.25) is 10.1 Å². The lowest BCUT2D eigenvalue weighted by Gasteiger charge is -2.25. The second kappa shape index (κ2) is 5.75. The topological polar surface area (TPSA) is 69.4 Å². The summed E-state index contributed by atoms with van der Waals surface area (Å²) in [6, 6.07) is 12.9. The first kappa shape index (κ1) is 11.0. The standard InChI is InChI=1S/C16H15NO4/c1-16(2,13-6-4-3-5-7-13)21-15(18)12-8-10-14(11-9-12)17(19)20/h3-11H,1-2H3/i1D3. The molecule has 5 heteroatoms. The van der Waals surface area contributed by atoms with Gasteiger partial charge < -0.3 is 4.74 Å². The molecule has 0 aromatic heterocycles. The molecule has 0 saturated heterocycles. The van der Waals surface area contributed by atoms with Crippen LogP contribution in [-0.2, 0) is 10.3 Å². The fourth-order valence-electron chi connectivity index (χ4n) is 1.78. The Labute approximate surface area is 126 Å². The van der Waals surface area contributed by atoms with Gasteiger partial charge >= 0.3 is 5.97 Å². The van der Waals surface area contributed by atoms with Crippen LogP contribution in [0, 0.1) is 10.1 Å². The Morgan fingerprint density at radius 3 is 2.33 bits per heavy atom. The minimum atomic E-state index is -2.59. The molecular formula is C16H15NO4. The predicted molar refractivity (Wildman–Crippen MR) is 78.0 cm³/mol. The van der Waals surface area contributed by atoms with Gasteiger partial charge in [0.05, 0.1) is 10.5 Å². The molecule has 0 bridgehead atoms. The largest absolute Gasteiger partial charge is 0.451 e. The van der Waals surface area contributed by atoms with Crippen molar-refractivity contribution in [1.82, 2.24) is 0 Å². The van der Waals surface area contributed by atoms with Gasteiger partial charge in [0.2, 0.25) is 0 Å². The predicted octanol–water partition coefficient (Wildman–Crippen LogP) is 3.69. The van der Waals surface area contributed by atoms with Crippen molar-refractivity contribution in [1.29, 1.82) is 0 Å². The maximum absolute atomic E-state index is 12.3. The lowest BCUT2D eigenvalue weighted by Crippen LogP contribution is -2.25. The number of carbonyl (C=O) groups is 1. The number of esters is 1. The van der Waals surface area contributed by atoms with E-state index in [9.17, 15) is 14.9 Å². The van der Waals surface area contributed by atoms with Crippen molar-refractivity contribution in [2.75, 3.05) is 0 Å². The van der Waals surface area contributed by atoms with E-state index in [0.29, 0.717) is 5.56 Å². The van der Waals surface area contributed by atoms with E-state index in [1.807, 2.05) is 0 Å². The highest BCUT2D eigenvalue weighted by molar-refractivity contribution is 5.90. The normalized spacial score (nSPS) is 16.0. The van der Waals surface area contributed by atoms with Gasteiger partial charge in [-0.1, -0.05) is 30.3 Å². The number of nitro benzene ring substituents is 1. The van der Waals surface area contributed by atoms with Crippen LogP contribution in [0.4, 0.5) is 5.69 Å². The van der Waals surface area contributed by atoms with E-state index in [0.717, 1.165) is 12.1 Å². The second-order valence-electron chi connectivity index (χ2n) is 4.59.